The minimum atomic E-state index is -0.449. The third-order valence-corrected chi connectivity index (χ3v) is 5.70. The van der Waals surface area contributed by atoms with Gasteiger partial charge in [-0.2, -0.15) is 0 Å². The molecule has 0 aliphatic carbocycles. The fraction of sp³-hybridized carbons (Fsp3) is 0.609. The van der Waals surface area contributed by atoms with Gasteiger partial charge in [0.25, 0.3) is 0 Å². The van der Waals surface area contributed by atoms with Crippen molar-refractivity contribution >= 4 is 17.9 Å². The van der Waals surface area contributed by atoms with Crippen LogP contribution in [0, 0.1) is 5.92 Å². The van der Waals surface area contributed by atoms with Crippen LogP contribution < -0.4 is 5.32 Å². The van der Waals surface area contributed by atoms with Crippen LogP contribution in [0.15, 0.2) is 30.3 Å². The predicted molar refractivity (Wildman–Crippen MR) is 114 cm³/mol. The number of hydrogen-bond donors (Lipinski definition) is 1. The van der Waals surface area contributed by atoms with Crippen LogP contribution in [0.4, 0.5) is 4.79 Å². The Hall–Kier alpha value is -2.57. The highest BCUT2D eigenvalue weighted by atomic mass is 16.5. The number of carbonyl (C=O) groups is 3. The topological polar surface area (TPSA) is 79.0 Å². The molecular weight excluding hydrogens is 382 g/mol. The number of benzene rings is 1. The Kier molecular flexibility index (Phi) is 7.71. The second-order valence-corrected chi connectivity index (χ2v) is 8.48. The van der Waals surface area contributed by atoms with E-state index in [2.05, 4.69) is 5.32 Å². The van der Waals surface area contributed by atoms with E-state index in [0.717, 1.165) is 44.3 Å². The zero-order valence-corrected chi connectivity index (χ0v) is 18.0. The highest BCUT2D eigenvalue weighted by molar-refractivity contribution is 5.82. The minimum absolute atomic E-state index is 0.0464. The first kappa shape index (κ1) is 22.1. The molecule has 2 aliphatic heterocycles. The number of rotatable bonds is 6. The molecule has 7 nitrogen and oxygen atoms in total. The largest absolute Gasteiger partial charge is 0.463 e. The van der Waals surface area contributed by atoms with Crippen molar-refractivity contribution in [3.63, 3.8) is 0 Å². The van der Waals surface area contributed by atoms with Crippen molar-refractivity contribution in [2.24, 2.45) is 5.92 Å². The lowest BCUT2D eigenvalue weighted by Gasteiger charge is -2.35. The molecule has 1 aromatic rings. The van der Waals surface area contributed by atoms with Gasteiger partial charge in [0.05, 0.1) is 24.5 Å². The first-order valence-electron chi connectivity index (χ1n) is 11.0. The summed E-state index contributed by atoms with van der Waals surface area (Å²) in [5, 5.41) is 3.04. The Bertz CT molecular complexity index is 731. The predicted octanol–water partition coefficient (Wildman–Crippen LogP) is 3.11. The molecule has 3 amide bonds. The standard InChI is InChI=1S/C23H33N3O4/c1-17(2)30-21(27)15-20(18-9-4-3-5-10-18)24-22(28)19-11-8-14-26(16-19)23(29)25-12-6-7-13-25/h3-5,9-10,17,19-20H,6-8,11-16H2,1-2H3,(H,24,28)/t19-,20+/m1/s1. The summed E-state index contributed by atoms with van der Waals surface area (Å²) in [6.45, 7) is 6.35. The maximum absolute atomic E-state index is 13.1. The molecule has 3 rings (SSSR count). The fourth-order valence-corrected chi connectivity index (χ4v) is 4.18. The van der Waals surface area contributed by atoms with Crippen molar-refractivity contribution in [2.45, 2.75) is 58.1 Å². The van der Waals surface area contributed by atoms with Crippen LogP contribution in [0.1, 0.15) is 57.6 Å². The number of nitrogens with one attached hydrogen (secondary N) is 1. The average Bonchev–Trinajstić information content (AvgIpc) is 3.27. The van der Waals surface area contributed by atoms with Gasteiger partial charge >= 0.3 is 12.0 Å². The number of amides is 3. The fourth-order valence-electron chi connectivity index (χ4n) is 4.18. The number of hydrogen-bond acceptors (Lipinski definition) is 4. The van der Waals surface area contributed by atoms with E-state index in [1.807, 2.05) is 54.0 Å². The zero-order chi connectivity index (χ0) is 21.5. The van der Waals surface area contributed by atoms with Crippen LogP contribution in [0.5, 0.6) is 0 Å². The summed E-state index contributed by atoms with van der Waals surface area (Å²) < 4.78 is 5.29. The molecule has 1 N–H and O–H groups in total. The molecule has 2 heterocycles. The van der Waals surface area contributed by atoms with Crippen LogP contribution in [-0.2, 0) is 14.3 Å². The maximum Gasteiger partial charge on any atom is 0.320 e. The molecule has 2 atom stereocenters. The lowest BCUT2D eigenvalue weighted by Crippen LogP contribution is -2.50. The van der Waals surface area contributed by atoms with Crippen molar-refractivity contribution < 1.29 is 19.1 Å². The molecule has 2 aliphatic rings. The SMILES string of the molecule is CC(C)OC(=O)C[C@H](NC(=O)[C@@H]1CCCN(C(=O)N2CCCC2)C1)c1ccccc1. The Morgan fingerprint density at radius 2 is 1.70 bits per heavy atom. The van der Waals surface area contributed by atoms with E-state index in [4.69, 9.17) is 4.74 Å². The van der Waals surface area contributed by atoms with Crippen LogP contribution in [0.25, 0.3) is 0 Å². The van der Waals surface area contributed by atoms with E-state index in [9.17, 15) is 14.4 Å². The molecule has 2 fully saturated rings. The third-order valence-electron chi connectivity index (χ3n) is 5.70. The number of esters is 1. The molecule has 0 radical (unpaired) electrons. The maximum atomic E-state index is 13.1. The van der Waals surface area contributed by atoms with E-state index >= 15 is 0 Å². The van der Waals surface area contributed by atoms with Gasteiger partial charge in [-0.1, -0.05) is 30.3 Å². The van der Waals surface area contributed by atoms with Gasteiger partial charge in [-0.05, 0) is 45.1 Å². The Morgan fingerprint density at radius 3 is 2.37 bits per heavy atom. The normalized spacial score (nSPS) is 20.2. The number of ether oxygens (including phenoxy) is 1. The summed E-state index contributed by atoms with van der Waals surface area (Å²) in [5.41, 5.74) is 0.868. The molecule has 0 unspecified atom stereocenters. The number of urea groups is 1. The summed E-state index contributed by atoms with van der Waals surface area (Å²) >= 11 is 0. The Labute approximate surface area is 178 Å². The van der Waals surface area contributed by atoms with E-state index in [-0.39, 0.29) is 36.4 Å². The molecule has 1 aromatic carbocycles. The van der Waals surface area contributed by atoms with Gasteiger partial charge in [0.1, 0.15) is 0 Å². The van der Waals surface area contributed by atoms with Gasteiger partial charge < -0.3 is 19.9 Å². The molecule has 0 aromatic heterocycles. The summed E-state index contributed by atoms with van der Waals surface area (Å²) in [5.74, 6) is -0.716. The van der Waals surface area contributed by atoms with Crippen LogP contribution in [0.2, 0.25) is 0 Å². The van der Waals surface area contributed by atoms with Crippen LogP contribution in [0.3, 0.4) is 0 Å². The molecule has 164 valence electrons. The second-order valence-electron chi connectivity index (χ2n) is 8.48. The first-order chi connectivity index (χ1) is 14.4. The minimum Gasteiger partial charge on any atom is -0.463 e. The van der Waals surface area contributed by atoms with E-state index < -0.39 is 6.04 Å². The van der Waals surface area contributed by atoms with Crippen LogP contribution in [-0.4, -0.2) is 60.0 Å². The smallest absolute Gasteiger partial charge is 0.320 e. The van der Waals surface area contributed by atoms with Gasteiger partial charge in [0.2, 0.25) is 5.91 Å². The zero-order valence-electron chi connectivity index (χ0n) is 18.0. The highest BCUT2D eigenvalue weighted by Crippen LogP contribution is 2.23. The van der Waals surface area contributed by atoms with Crippen molar-refractivity contribution in [2.75, 3.05) is 26.2 Å². The molecule has 0 saturated carbocycles. The number of carbonyl (C=O) groups excluding carboxylic acids is 3. The summed E-state index contributed by atoms with van der Waals surface area (Å²) in [4.78, 5) is 41.7. The lowest BCUT2D eigenvalue weighted by atomic mass is 9.95. The van der Waals surface area contributed by atoms with Crippen molar-refractivity contribution in [3.8, 4) is 0 Å². The Morgan fingerprint density at radius 1 is 1.03 bits per heavy atom. The summed E-state index contributed by atoms with van der Waals surface area (Å²) in [6.07, 6.45) is 3.53. The molecule has 30 heavy (non-hydrogen) atoms. The number of nitrogens with zero attached hydrogens (tertiary/aromatic N) is 2. The second kappa shape index (κ2) is 10.5. The molecule has 0 bridgehead atoms. The van der Waals surface area contributed by atoms with Gasteiger partial charge in [-0.3, -0.25) is 9.59 Å². The molecule has 0 spiro atoms. The van der Waals surface area contributed by atoms with Gasteiger partial charge in [0.15, 0.2) is 0 Å². The molecule has 7 heteroatoms. The van der Waals surface area contributed by atoms with Crippen molar-refractivity contribution in [1.29, 1.82) is 0 Å². The van der Waals surface area contributed by atoms with Gasteiger partial charge in [0, 0.05) is 26.2 Å². The van der Waals surface area contributed by atoms with E-state index in [1.54, 1.807) is 0 Å². The molecular formula is C23H33N3O4. The van der Waals surface area contributed by atoms with Crippen LogP contribution >= 0.6 is 0 Å². The van der Waals surface area contributed by atoms with Crippen molar-refractivity contribution in [3.05, 3.63) is 35.9 Å². The lowest BCUT2D eigenvalue weighted by molar-refractivity contribution is -0.148. The quantitative estimate of drug-likeness (QED) is 0.724. The summed E-state index contributed by atoms with van der Waals surface area (Å²) in [6, 6.07) is 9.07. The number of piperidine rings is 1. The van der Waals surface area contributed by atoms with E-state index in [0.29, 0.717) is 13.1 Å². The van der Waals surface area contributed by atoms with E-state index in [1.165, 1.54) is 0 Å². The third kappa shape index (κ3) is 5.97. The monoisotopic (exact) mass is 415 g/mol. The average molecular weight is 416 g/mol. The highest BCUT2D eigenvalue weighted by Gasteiger charge is 2.32. The summed E-state index contributed by atoms with van der Waals surface area (Å²) in [7, 11) is 0. The van der Waals surface area contributed by atoms with Gasteiger partial charge in [-0.25, -0.2) is 4.79 Å². The van der Waals surface area contributed by atoms with Crippen molar-refractivity contribution in [1.82, 2.24) is 15.1 Å². The van der Waals surface area contributed by atoms with Gasteiger partial charge in [-0.15, -0.1) is 0 Å². The number of likely N-dealkylation sites (tertiary alicyclic amines) is 2. The first-order valence-corrected chi connectivity index (χ1v) is 11.0. The Balaban J connectivity index is 1.63. The molecule has 2 saturated heterocycles.